The van der Waals surface area contributed by atoms with Crippen molar-refractivity contribution in [3.05, 3.63) is 23.8 Å². The second kappa shape index (κ2) is 3.62. The molecule has 0 spiro atoms. The molecule has 0 N–H and O–H groups in total. The minimum absolute atomic E-state index is 0.173. The van der Waals surface area contributed by atoms with E-state index in [1.165, 1.54) is 18.4 Å². The minimum Gasteiger partial charge on any atom is -0.290 e. The molecular formula is C14H20O. The molecule has 2 aliphatic carbocycles. The highest BCUT2D eigenvalue weighted by Crippen LogP contribution is 2.47. The first-order valence-electron chi connectivity index (χ1n) is 5.95. The van der Waals surface area contributed by atoms with Crippen LogP contribution >= 0.6 is 0 Å². The van der Waals surface area contributed by atoms with E-state index in [0.717, 1.165) is 18.3 Å². The number of ketones is 1. The summed E-state index contributed by atoms with van der Waals surface area (Å²) in [6, 6.07) is 0. The number of carbonyl (C=O) groups excluding carboxylic acids is 1. The normalized spacial score (nSPS) is 35.3. The lowest BCUT2D eigenvalue weighted by Gasteiger charge is -2.40. The molecule has 1 nitrogen and oxygen atoms in total. The molecule has 0 amide bonds. The Hall–Kier alpha value is -0.850. The maximum atomic E-state index is 11.4. The highest BCUT2D eigenvalue weighted by molar-refractivity contribution is 6.01. The lowest BCUT2D eigenvalue weighted by molar-refractivity contribution is -0.110. The molecule has 0 aromatic heterocycles. The summed E-state index contributed by atoms with van der Waals surface area (Å²) in [4.78, 5) is 11.4. The van der Waals surface area contributed by atoms with Crippen molar-refractivity contribution < 1.29 is 4.79 Å². The molecule has 2 atom stereocenters. The second-order valence-electron chi connectivity index (χ2n) is 5.57. The van der Waals surface area contributed by atoms with Crippen LogP contribution in [0.2, 0.25) is 0 Å². The van der Waals surface area contributed by atoms with E-state index in [-0.39, 0.29) is 11.2 Å². The first kappa shape index (κ1) is 10.7. The molecule has 1 saturated carbocycles. The second-order valence-corrected chi connectivity index (χ2v) is 5.57. The van der Waals surface area contributed by atoms with Crippen molar-refractivity contribution in [2.24, 2.45) is 17.3 Å². The molecule has 15 heavy (non-hydrogen) atoms. The summed E-state index contributed by atoms with van der Waals surface area (Å²) in [6.45, 7) is 6.83. The van der Waals surface area contributed by atoms with E-state index in [1.54, 1.807) is 6.08 Å². The topological polar surface area (TPSA) is 17.1 Å². The van der Waals surface area contributed by atoms with Gasteiger partial charge in [0.05, 0.1) is 0 Å². The number of hydrogen-bond donors (Lipinski definition) is 0. The molecule has 0 unspecified atom stereocenters. The van der Waals surface area contributed by atoms with Crippen molar-refractivity contribution in [1.82, 2.24) is 0 Å². The highest BCUT2D eigenvalue weighted by Gasteiger charge is 2.36. The van der Waals surface area contributed by atoms with Crippen LogP contribution in [0.3, 0.4) is 0 Å². The Balaban J connectivity index is 2.22. The van der Waals surface area contributed by atoms with Crippen LogP contribution in [-0.4, -0.2) is 5.78 Å². The Morgan fingerprint density at radius 3 is 2.87 bits per heavy atom. The van der Waals surface area contributed by atoms with Crippen molar-refractivity contribution in [3.63, 3.8) is 0 Å². The molecule has 0 aliphatic heterocycles. The fraction of sp³-hybridized carbons (Fsp3) is 0.643. The van der Waals surface area contributed by atoms with Crippen molar-refractivity contribution in [2.45, 2.75) is 40.0 Å². The van der Waals surface area contributed by atoms with Crippen LogP contribution in [0.25, 0.3) is 0 Å². The molecule has 2 rings (SSSR count). The van der Waals surface area contributed by atoms with Crippen LogP contribution in [0.15, 0.2) is 23.8 Å². The predicted octanol–water partition coefficient (Wildman–Crippen LogP) is 3.51. The van der Waals surface area contributed by atoms with Gasteiger partial charge in [0.2, 0.25) is 0 Å². The average Bonchev–Trinajstić information content (AvgIpc) is 2.18. The Bertz CT molecular complexity index is 335. The van der Waals surface area contributed by atoms with Crippen molar-refractivity contribution in [1.29, 1.82) is 0 Å². The third-order valence-corrected chi connectivity index (χ3v) is 4.12. The van der Waals surface area contributed by atoms with Gasteiger partial charge >= 0.3 is 0 Å². The Kier molecular flexibility index (Phi) is 2.57. The van der Waals surface area contributed by atoms with Gasteiger partial charge in [-0.3, -0.25) is 4.79 Å². The molecule has 2 aliphatic rings. The Labute approximate surface area is 92.3 Å². The SMILES string of the molecule is CC(C)[C@@H]1CC[C@@]2(C)C=CC(=O)C=C2C1. The summed E-state index contributed by atoms with van der Waals surface area (Å²) in [5, 5.41) is 0. The summed E-state index contributed by atoms with van der Waals surface area (Å²) >= 11 is 0. The highest BCUT2D eigenvalue weighted by atomic mass is 16.1. The van der Waals surface area contributed by atoms with Crippen molar-refractivity contribution in [3.8, 4) is 0 Å². The molecule has 0 heterocycles. The molecule has 1 fully saturated rings. The Morgan fingerprint density at radius 2 is 2.20 bits per heavy atom. The molecule has 0 aromatic rings. The van der Waals surface area contributed by atoms with Gasteiger partial charge in [0.1, 0.15) is 0 Å². The molecule has 0 saturated heterocycles. The number of allylic oxidation sites excluding steroid dienone is 4. The number of fused-ring (bicyclic) bond motifs is 1. The zero-order chi connectivity index (χ0) is 11.1. The predicted molar refractivity (Wildman–Crippen MR) is 62.5 cm³/mol. The van der Waals surface area contributed by atoms with Crippen LogP contribution < -0.4 is 0 Å². The molecule has 0 aromatic carbocycles. The van der Waals surface area contributed by atoms with Crippen LogP contribution in [0.4, 0.5) is 0 Å². The summed E-state index contributed by atoms with van der Waals surface area (Å²) in [5.41, 5.74) is 1.54. The zero-order valence-corrected chi connectivity index (χ0v) is 9.92. The van der Waals surface area contributed by atoms with E-state index in [0.29, 0.717) is 0 Å². The van der Waals surface area contributed by atoms with Crippen LogP contribution in [0.5, 0.6) is 0 Å². The van der Waals surface area contributed by atoms with E-state index >= 15 is 0 Å². The largest absolute Gasteiger partial charge is 0.290 e. The molecule has 0 bridgehead atoms. The van der Waals surface area contributed by atoms with Gasteiger partial charge in [-0.25, -0.2) is 0 Å². The number of rotatable bonds is 1. The van der Waals surface area contributed by atoms with Gasteiger partial charge in [-0.15, -0.1) is 0 Å². The van der Waals surface area contributed by atoms with Crippen LogP contribution in [-0.2, 0) is 4.79 Å². The van der Waals surface area contributed by atoms with Gasteiger partial charge in [-0.2, -0.15) is 0 Å². The molecule has 1 heteroatoms. The quantitative estimate of drug-likeness (QED) is 0.638. The smallest absolute Gasteiger partial charge is 0.178 e. The third kappa shape index (κ3) is 1.92. The van der Waals surface area contributed by atoms with Gasteiger partial charge in [0.25, 0.3) is 0 Å². The van der Waals surface area contributed by atoms with Gasteiger partial charge in [0, 0.05) is 5.41 Å². The van der Waals surface area contributed by atoms with Gasteiger partial charge < -0.3 is 0 Å². The summed E-state index contributed by atoms with van der Waals surface area (Å²) in [7, 11) is 0. The maximum absolute atomic E-state index is 11.4. The van der Waals surface area contributed by atoms with E-state index in [9.17, 15) is 4.79 Å². The van der Waals surface area contributed by atoms with Gasteiger partial charge in [-0.1, -0.05) is 32.4 Å². The average molecular weight is 204 g/mol. The molecular weight excluding hydrogens is 184 g/mol. The van der Waals surface area contributed by atoms with Crippen LogP contribution in [0.1, 0.15) is 40.0 Å². The van der Waals surface area contributed by atoms with Crippen molar-refractivity contribution in [2.75, 3.05) is 0 Å². The minimum atomic E-state index is 0.173. The third-order valence-electron chi connectivity index (χ3n) is 4.12. The first-order chi connectivity index (χ1) is 7.01. The van der Waals surface area contributed by atoms with Gasteiger partial charge in [-0.05, 0) is 43.3 Å². The maximum Gasteiger partial charge on any atom is 0.178 e. The molecule has 0 radical (unpaired) electrons. The standard InChI is InChI=1S/C14H20O/c1-10(2)11-4-6-14(3)7-5-13(15)9-12(14)8-11/h5,7,9-11H,4,6,8H2,1-3H3/t11-,14+/m1/s1. The van der Waals surface area contributed by atoms with E-state index < -0.39 is 0 Å². The van der Waals surface area contributed by atoms with E-state index in [2.05, 4.69) is 26.8 Å². The van der Waals surface area contributed by atoms with E-state index in [1.807, 2.05) is 6.08 Å². The lowest BCUT2D eigenvalue weighted by Crippen LogP contribution is -2.30. The summed E-state index contributed by atoms with van der Waals surface area (Å²) in [6.07, 6.45) is 9.33. The fourth-order valence-corrected chi connectivity index (χ4v) is 2.73. The summed E-state index contributed by atoms with van der Waals surface area (Å²) < 4.78 is 0. The fourth-order valence-electron chi connectivity index (χ4n) is 2.73. The van der Waals surface area contributed by atoms with Crippen LogP contribution in [0, 0.1) is 17.3 Å². The first-order valence-corrected chi connectivity index (χ1v) is 5.95. The van der Waals surface area contributed by atoms with Crippen molar-refractivity contribution >= 4 is 5.78 Å². The zero-order valence-electron chi connectivity index (χ0n) is 9.92. The number of hydrogen-bond acceptors (Lipinski definition) is 1. The lowest BCUT2D eigenvalue weighted by atomic mass is 9.64. The summed E-state index contributed by atoms with van der Waals surface area (Å²) in [5.74, 6) is 1.67. The van der Waals surface area contributed by atoms with Gasteiger partial charge in [0.15, 0.2) is 5.78 Å². The molecule has 82 valence electrons. The number of carbonyl (C=O) groups is 1. The monoisotopic (exact) mass is 204 g/mol. The van der Waals surface area contributed by atoms with E-state index in [4.69, 9.17) is 0 Å². The Morgan fingerprint density at radius 1 is 1.47 bits per heavy atom.